The van der Waals surface area contributed by atoms with E-state index in [0.717, 1.165) is 26.9 Å². The van der Waals surface area contributed by atoms with Crippen LogP contribution >= 0.6 is 31.9 Å². The van der Waals surface area contributed by atoms with Crippen molar-refractivity contribution in [3.8, 4) is 0 Å². The molecular weight excluding hydrogens is 322 g/mol. The molecule has 0 fully saturated rings. The molecule has 0 bridgehead atoms. The Bertz CT molecular complexity index is 479. The molecule has 0 saturated heterocycles. The van der Waals surface area contributed by atoms with Crippen LogP contribution in [-0.4, -0.2) is 14.8 Å². The molecule has 0 atom stereocenters. The van der Waals surface area contributed by atoms with Crippen molar-refractivity contribution in [2.24, 2.45) is 0 Å². The van der Waals surface area contributed by atoms with Gasteiger partial charge in [0.2, 0.25) is 0 Å². The van der Waals surface area contributed by atoms with Gasteiger partial charge in [0.05, 0.1) is 6.54 Å². The molecule has 2 heterocycles. The van der Waals surface area contributed by atoms with Crippen molar-refractivity contribution in [2.45, 2.75) is 13.5 Å². The van der Waals surface area contributed by atoms with Gasteiger partial charge in [-0.25, -0.2) is 0 Å². The highest BCUT2D eigenvalue weighted by atomic mass is 79.9. The molecule has 2 aromatic rings. The second kappa shape index (κ2) is 4.45. The van der Waals surface area contributed by atoms with E-state index in [4.69, 9.17) is 0 Å². The lowest BCUT2D eigenvalue weighted by molar-refractivity contribution is 0.665. The molecule has 2 rings (SSSR count). The van der Waals surface area contributed by atoms with Crippen molar-refractivity contribution >= 4 is 31.9 Å². The molecular formula is C10H9Br2N3. The summed E-state index contributed by atoms with van der Waals surface area (Å²) in [4.78, 5) is 4.15. The van der Waals surface area contributed by atoms with Gasteiger partial charge in [-0.1, -0.05) is 6.07 Å². The zero-order valence-electron chi connectivity index (χ0n) is 8.11. The molecule has 5 heteroatoms. The number of nitrogens with zero attached hydrogens (tertiary/aromatic N) is 3. The van der Waals surface area contributed by atoms with Crippen LogP contribution in [0.1, 0.15) is 11.1 Å². The third-order valence-corrected chi connectivity index (χ3v) is 2.99. The van der Waals surface area contributed by atoms with Gasteiger partial charge < -0.3 is 0 Å². The number of aromatic nitrogens is 3. The Labute approximate surface area is 105 Å². The smallest absolute Gasteiger partial charge is 0.129 e. The molecule has 0 spiro atoms. The number of hydrogen-bond donors (Lipinski definition) is 0. The van der Waals surface area contributed by atoms with E-state index in [1.165, 1.54) is 0 Å². The monoisotopic (exact) mass is 329 g/mol. The first kappa shape index (κ1) is 10.8. The van der Waals surface area contributed by atoms with E-state index in [9.17, 15) is 0 Å². The van der Waals surface area contributed by atoms with Crippen LogP contribution in [0.15, 0.2) is 33.7 Å². The predicted octanol–water partition coefficient (Wildman–Crippen LogP) is 3.16. The first-order valence-corrected chi connectivity index (χ1v) is 6.03. The normalized spacial score (nSPS) is 10.6. The lowest BCUT2D eigenvalue weighted by Crippen LogP contribution is -2.02. The molecule has 2 aromatic heterocycles. The fourth-order valence-electron chi connectivity index (χ4n) is 1.35. The quantitative estimate of drug-likeness (QED) is 0.846. The summed E-state index contributed by atoms with van der Waals surface area (Å²) in [6.07, 6.45) is 3.70. The minimum Gasteiger partial charge on any atom is -0.264 e. The Hall–Kier alpha value is -0.680. The predicted molar refractivity (Wildman–Crippen MR) is 65.7 cm³/mol. The second-order valence-corrected chi connectivity index (χ2v) is 4.94. The average Bonchev–Trinajstić information content (AvgIpc) is 2.45. The van der Waals surface area contributed by atoms with Gasteiger partial charge in [0, 0.05) is 18.5 Å². The topological polar surface area (TPSA) is 30.7 Å². The lowest BCUT2D eigenvalue weighted by Gasteiger charge is -2.03. The van der Waals surface area contributed by atoms with Gasteiger partial charge in [0.25, 0.3) is 0 Å². The van der Waals surface area contributed by atoms with E-state index in [2.05, 4.69) is 48.0 Å². The number of rotatable bonds is 2. The minimum atomic E-state index is 0.723. The average molecular weight is 331 g/mol. The van der Waals surface area contributed by atoms with Crippen LogP contribution in [0.25, 0.3) is 0 Å². The second-order valence-electron chi connectivity index (χ2n) is 3.32. The van der Waals surface area contributed by atoms with Crippen LogP contribution in [0.3, 0.4) is 0 Å². The molecule has 0 unspecified atom stereocenters. The number of hydrogen-bond acceptors (Lipinski definition) is 2. The lowest BCUT2D eigenvalue weighted by atomic mass is 10.2. The first-order chi connectivity index (χ1) is 7.15. The highest BCUT2D eigenvalue weighted by molar-refractivity contribution is 9.11. The molecule has 0 aliphatic carbocycles. The van der Waals surface area contributed by atoms with Gasteiger partial charge in [-0.15, -0.1) is 0 Å². The standard InChI is InChI=1S/C10H9Br2N3/c1-7-2-8(5-13-4-7)6-15-10(12)3-9(11)14-15/h2-5H,6H2,1H3. The molecule has 0 aliphatic heterocycles. The van der Waals surface area contributed by atoms with Crippen molar-refractivity contribution in [3.05, 3.63) is 44.9 Å². The van der Waals surface area contributed by atoms with Crippen molar-refractivity contribution in [1.29, 1.82) is 0 Å². The maximum absolute atomic E-state index is 4.29. The zero-order chi connectivity index (χ0) is 10.8. The van der Waals surface area contributed by atoms with Gasteiger partial charge in [0.15, 0.2) is 0 Å². The molecule has 0 aromatic carbocycles. The minimum absolute atomic E-state index is 0.723. The van der Waals surface area contributed by atoms with Crippen LogP contribution in [0.5, 0.6) is 0 Å². The Morgan fingerprint density at radius 1 is 1.27 bits per heavy atom. The Kier molecular flexibility index (Phi) is 3.21. The van der Waals surface area contributed by atoms with Gasteiger partial charge in [-0.05, 0) is 49.9 Å². The largest absolute Gasteiger partial charge is 0.264 e. The molecule has 0 radical (unpaired) electrons. The third kappa shape index (κ3) is 2.66. The van der Waals surface area contributed by atoms with Gasteiger partial charge in [-0.3, -0.25) is 9.67 Å². The van der Waals surface area contributed by atoms with E-state index in [1.807, 2.05) is 30.1 Å². The summed E-state index contributed by atoms with van der Waals surface area (Å²) >= 11 is 6.78. The van der Waals surface area contributed by atoms with Crippen molar-refractivity contribution in [3.63, 3.8) is 0 Å². The van der Waals surface area contributed by atoms with E-state index in [-0.39, 0.29) is 0 Å². The zero-order valence-corrected chi connectivity index (χ0v) is 11.3. The summed E-state index contributed by atoms with van der Waals surface area (Å²) in [5.74, 6) is 0. The van der Waals surface area contributed by atoms with Crippen LogP contribution < -0.4 is 0 Å². The Morgan fingerprint density at radius 3 is 2.67 bits per heavy atom. The number of pyridine rings is 1. The highest BCUT2D eigenvalue weighted by Gasteiger charge is 2.04. The van der Waals surface area contributed by atoms with Gasteiger partial charge in [-0.2, -0.15) is 5.10 Å². The fraction of sp³-hybridized carbons (Fsp3) is 0.200. The van der Waals surface area contributed by atoms with Crippen LogP contribution in [0, 0.1) is 6.92 Å². The molecule has 0 aliphatic rings. The van der Waals surface area contributed by atoms with Crippen molar-refractivity contribution in [1.82, 2.24) is 14.8 Å². The highest BCUT2D eigenvalue weighted by Crippen LogP contribution is 2.17. The molecule has 0 saturated carbocycles. The summed E-state index contributed by atoms with van der Waals surface area (Å²) in [5, 5.41) is 4.29. The summed E-state index contributed by atoms with van der Waals surface area (Å²) < 4.78 is 3.66. The molecule has 15 heavy (non-hydrogen) atoms. The van der Waals surface area contributed by atoms with E-state index >= 15 is 0 Å². The summed E-state index contributed by atoms with van der Waals surface area (Å²) in [5.41, 5.74) is 2.31. The molecule has 3 nitrogen and oxygen atoms in total. The van der Waals surface area contributed by atoms with Crippen LogP contribution in [0.4, 0.5) is 0 Å². The molecule has 0 N–H and O–H groups in total. The summed E-state index contributed by atoms with van der Waals surface area (Å²) in [6, 6.07) is 4.03. The maximum atomic E-state index is 4.29. The summed E-state index contributed by atoms with van der Waals surface area (Å²) in [7, 11) is 0. The fourth-order valence-corrected chi connectivity index (χ4v) is 2.49. The Morgan fingerprint density at radius 2 is 2.07 bits per heavy atom. The third-order valence-electron chi connectivity index (χ3n) is 1.96. The Balaban J connectivity index is 2.25. The van der Waals surface area contributed by atoms with Crippen LogP contribution in [0.2, 0.25) is 0 Å². The van der Waals surface area contributed by atoms with E-state index in [1.54, 1.807) is 0 Å². The summed E-state index contributed by atoms with van der Waals surface area (Å²) in [6.45, 7) is 2.76. The first-order valence-electron chi connectivity index (χ1n) is 4.44. The number of halogens is 2. The number of aryl methyl sites for hydroxylation is 1. The van der Waals surface area contributed by atoms with E-state index < -0.39 is 0 Å². The van der Waals surface area contributed by atoms with Gasteiger partial charge in [0.1, 0.15) is 9.21 Å². The van der Waals surface area contributed by atoms with Crippen molar-refractivity contribution in [2.75, 3.05) is 0 Å². The van der Waals surface area contributed by atoms with Crippen LogP contribution in [-0.2, 0) is 6.54 Å². The van der Waals surface area contributed by atoms with Crippen molar-refractivity contribution < 1.29 is 0 Å². The SMILES string of the molecule is Cc1cncc(Cn2nc(Br)cc2Br)c1. The maximum Gasteiger partial charge on any atom is 0.129 e. The molecule has 78 valence electrons. The molecule has 0 amide bonds. The van der Waals surface area contributed by atoms with Gasteiger partial charge >= 0.3 is 0 Å². The van der Waals surface area contributed by atoms with E-state index in [0.29, 0.717) is 0 Å².